The highest BCUT2D eigenvalue weighted by atomic mass is 16.6. The van der Waals surface area contributed by atoms with Crippen molar-refractivity contribution < 1.29 is 28.9 Å². The second-order valence-corrected chi connectivity index (χ2v) is 8.50. The van der Waals surface area contributed by atoms with Crippen LogP contribution in [0.1, 0.15) is 42.0 Å². The van der Waals surface area contributed by atoms with E-state index in [1.807, 2.05) is 18.2 Å². The molecule has 0 bridgehead atoms. The molecule has 0 saturated heterocycles. The lowest BCUT2D eigenvalue weighted by molar-refractivity contribution is -0.172. The molecule has 0 saturated carbocycles. The highest BCUT2D eigenvalue weighted by Crippen LogP contribution is 2.40. The van der Waals surface area contributed by atoms with Crippen LogP contribution < -0.4 is 10.3 Å². The number of hydrogen-bond acceptors (Lipinski definition) is 8. The van der Waals surface area contributed by atoms with Gasteiger partial charge in [-0.15, -0.1) is 0 Å². The molecule has 34 heavy (non-hydrogen) atoms. The average Bonchev–Trinajstić information content (AvgIpc) is 3.21. The van der Waals surface area contributed by atoms with Crippen molar-refractivity contribution in [3.05, 3.63) is 56.9 Å². The number of cyclic esters (lactones) is 1. The highest BCUT2D eigenvalue weighted by Gasteiger charge is 2.45. The first kappa shape index (κ1) is 22.1. The van der Waals surface area contributed by atoms with Crippen LogP contribution in [-0.4, -0.2) is 40.8 Å². The summed E-state index contributed by atoms with van der Waals surface area (Å²) in [6.07, 6.45) is 0.772. The summed E-state index contributed by atoms with van der Waals surface area (Å²) in [7, 11) is 2.92. The number of carbonyl (C=O) groups excluding carboxylic acids is 2. The smallest absolute Gasteiger partial charge is 0.343 e. The van der Waals surface area contributed by atoms with Gasteiger partial charge in [0.2, 0.25) is 0 Å². The number of aliphatic hydroxyl groups is 1. The number of ether oxygens (including phenoxy) is 3. The number of nitrogens with zero attached hydrogens (tertiary/aromatic N) is 2. The fraction of sp³-hybridized carbons (Fsp3) is 0.360. The van der Waals surface area contributed by atoms with Crippen molar-refractivity contribution in [1.82, 2.24) is 9.55 Å². The van der Waals surface area contributed by atoms with Crippen molar-refractivity contribution >= 4 is 22.8 Å². The van der Waals surface area contributed by atoms with Crippen LogP contribution in [0.15, 0.2) is 29.1 Å². The second-order valence-electron chi connectivity index (χ2n) is 8.50. The Balaban J connectivity index is 1.65. The maximum Gasteiger partial charge on any atom is 0.343 e. The zero-order valence-corrected chi connectivity index (χ0v) is 19.1. The maximum atomic E-state index is 13.3. The van der Waals surface area contributed by atoms with Crippen LogP contribution in [-0.2, 0) is 44.2 Å². The molecule has 2 aliphatic heterocycles. The number of esters is 2. The lowest BCUT2D eigenvalue weighted by atomic mass is 9.86. The molecule has 0 spiro atoms. The lowest BCUT2D eigenvalue weighted by Crippen LogP contribution is -2.44. The van der Waals surface area contributed by atoms with E-state index in [1.165, 1.54) is 7.11 Å². The average molecular weight is 464 g/mol. The third-order valence-corrected chi connectivity index (χ3v) is 6.75. The number of aromatic nitrogens is 2. The van der Waals surface area contributed by atoms with Crippen LogP contribution in [0.4, 0.5) is 0 Å². The van der Waals surface area contributed by atoms with Gasteiger partial charge in [0.25, 0.3) is 5.56 Å². The molecule has 3 aromatic rings. The molecule has 0 aliphatic carbocycles. The van der Waals surface area contributed by atoms with E-state index in [-0.39, 0.29) is 42.1 Å². The summed E-state index contributed by atoms with van der Waals surface area (Å²) in [4.78, 5) is 42.0. The van der Waals surface area contributed by atoms with E-state index in [0.29, 0.717) is 35.6 Å². The molecule has 9 heteroatoms. The van der Waals surface area contributed by atoms with Crippen LogP contribution in [0.25, 0.3) is 22.3 Å². The summed E-state index contributed by atoms with van der Waals surface area (Å²) in [6, 6.07) is 7.35. The fourth-order valence-electron chi connectivity index (χ4n) is 4.85. The Hall–Kier alpha value is -3.72. The van der Waals surface area contributed by atoms with E-state index < -0.39 is 11.6 Å². The third kappa shape index (κ3) is 3.11. The number of methoxy groups -OCH3 is 2. The van der Waals surface area contributed by atoms with Crippen molar-refractivity contribution in [2.24, 2.45) is 0 Å². The van der Waals surface area contributed by atoms with Gasteiger partial charge in [0.05, 0.1) is 43.2 Å². The molecule has 0 fully saturated rings. The second kappa shape index (κ2) is 7.95. The Morgan fingerprint density at radius 1 is 1.26 bits per heavy atom. The van der Waals surface area contributed by atoms with Crippen LogP contribution in [0.2, 0.25) is 0 Å². The fourth-order valence-corrected chi connectivity index (χ4v) is 4.85. The molecular weight excluding hydrogens is 440 g/mol. The molecule has 4 heterocycles. The Morgan fingerprint density at radius 3 is 2.76 bits per heavy atom. The Bertz CT molecular complexity index is 1430. The number of aryl methyl sites for hydroxylation is 1. The zero-order valence-electron chi connectivity index (χ0n) is 19.1. The van der Waals surface area contributed by atoms with Gasteiger partial charge in [0, 0.05) is 22.9 Å². The first-order chi connectivity index (χ1) is 16.3. The van der Waals surface area contributed by atoms with E-state index in [1.54, 1.807) is 24.7 Å². The van der Waals surface area contributed by atoms with Gasteiger partial charge < -0.3 is 23.9 Å². The van der Waals surface area contributed by atoms with Crippen molar-refractivity contribution in [3.63, 3.8) is 0 Å². The summed E-state index contributed by atoms with van der Waals surface area (Å²) in [5.74, 6) is -0.429. The quantitative estimate of drug-likeness (QED) is 0.447. The molecule has 2 aromatic heterocycles. The largest absolute Gasteiger partial charge is 0.496 e. The van der Waals surface area contributed by atoms with E-state index in [4.69, 9.17) is 19.2 Å². The highest BCUT2D eigenvalue weighted by molar-refractivity contribution is 5.91. The van der Waals surface area contributed by atoms with Gasteiger partial charge >= 0.3 is 11.9 Å². The van der Waals surface area contributed by atoms with Crippen molar-refractivity contribution in [3.8, 4) is 17.1 Å². The Morgan fingerprint density at radius 2 is 2.06 bits per heavy atom. The summed E-state index contributed by atoms with van der Waals surface area (Å²) in [6.45, 7) is 1.80. The monoisotopic (exact) mass is 464 g/mol. The van der Waals surface area contributed by atoms with Gasteiger partial charge in [0.1, 0.15) is 12.4 Å². The molecule has 1 aromatic carbocycles. The molecule has 176 valence electrons. The van der Waals surface area contributed by atoms with Gasteiger partial charge in [-0.1, -0.05) is 13.0 Å². The van der Waals surface area contributed by atoms with E-state index in [9.17, 15) is 19.5 Å². The predicted octanol–water partition coefficient (Wildman–Crippen LogP) is 2.19. The van der Waals surface area contributed by atoms with Crippen LogP contribution in [0, 0.1) is 0 Å². The summed E-state index contributed by atoms with van der Waals surface area (Å²) in [5, 5.41) is 11.8. The minimum atomic E-state index is -1.86. The number of carbonyl (C=O) groups is 2. The van der Waals surface area contributed by atoms with Crippen molar-refractivity contribution in [2.75, 3.05) is 14.2 Å². The zero-order chi connectivity index (χ0) is 24.2. The predicted molar refractivity (Wildman–Crippen MR) is 121 cm³/mol. The lowest BCUT2D eigenvalue weighted by Gasteiger charge is -2.31. The summed E-state index contributed by atoms with van der Waals surface area (Å²) >= 11 is 0. The number of benzene rings is 1. The SMILES string of the molecule is CC[C@@]1(O)C(=O)OCc2c1cc1n(c2=O)Cc2cc3c(OC)c(CCC(=O)OC)ccc3nc2-1. The van der Waals surface area contributed by atoms with E-state index in [0.717, 1.165) is 16.5 Å². The van der Waals surface area contributed by atoms with Gasteiger partial charge in [-0.25, -0.2) is 9.78 Å². The van der Waals surface area contributed by atoms with Crippen LogP contribution in [0.5, 0.6) is 5.75 Å². The van der Waals surface area contributed by atoms with E-state index >= 15 is 0 Å². The van der Waals surface area contributed by atoms with Gasteiger partial charge in [-0.3, -0.25) is 9.59 Å². The molecule has 0 amide bonds. The standard InChI is InChI=1S/C25H24N2O7/c1-4-25(31)17-10-19-21-14(11-27(19)23(29)16(17)12-34-24(25)30)9-15-18(26-21)7-5-13(22(15)33-3)6-8-20(28)32-2/h5,7,9-10,31H,4,6,8,11-12H2,1-3H3/t25-/m0/s1. The van der Waals surface area contributed by atoms with Crippen molar-refractivity contribution in [1.29, 1.82) is 0 Å². The van der Waals surface area contributed by atoms with Crippen LogP contribution in [0.3, 0.4) is 0 Å². The maximum absolute atomic E-state index is 13.3. The van der Waals surface area contributed by atoms with E-state index in [2.05, 4.69) is 0 Å². The Kier molecular flexibility index (Phi) is 5.16. The molecule has 2 aliphatic rings. The summed E-state index contributed by atoms with van der Waals surface area (Å²) < 4.78 is 17.1. The molecule has 0 radical (unpaired) electrons. The van der Waals surface area contributed by atoms with Gasteiger partial charge in [0.15, 0.2) is 5.60 Å². The normalized spacial score (nSPS) is 18.2. The first-order valence-corrected chi connectivity index (χ1v) is 11.1. The number of hydrogen-bond donors (Lipinski definition) is 1. The first-order valence-electron chi connectivity index (χ1n) is 11.1. The van der Waals surface area contributed by atoms with Crippen molar-refractivity contribution in [2.45, 2.75) is 44.9 Å². The minimum absolute atomic E-state index is 0.0886. The van der Waals surface area contributed by atoms with Gasteiger partial charge in [-0.2, -0.15) is 0 Å². The molecule has 1 atom stereocenters. The topological polar surface area (TPSA) is 117 Å². The molecule has 5 rings (SSSR count). The third-order valence-electron chi connectivity index (χ3n) is 6.75. The summed E-state index contributed by atoms with van der Waals surface area (Å²) in [5.41, 5.74) is 1.92. The molecule has 0 unspecified atom stereocenters. The molecule has 1 N–H and O–H groups in total. The molecule has 9 nitrogen and oxygen atoms in total. The molecular formula is C25H24N2O7. The minimum Gasteiger partial charge on any atom is -0.496 e. The number of rotatable bonds is 5. The van der Waals surface area contributed by atoms with Gasteiger partial charge in [-0.05, 0) is 36.6 Å². The number of fused-ring (bicyclic) bond motifs is 5. The number of pyridine rings is 2. The Labute approximate surface area is 194 Å². The van der Waals surface area contributed by atoms with Crippen LogP contribution >= 0.6 is 0 Å².